The molecule has 10 heteroatoms. The highest BCUT2D eigenvalue weighted by molar-refractivity contribution is 5.92. The molecule has 2 aromatic carbocycles. The first-order chi connectivity index (χ1) is 15.1. The highest BCUT2D eigenvalue weighted by Gasteiger charge is 2.31. The molecule has 1 amide bonds. The SMILES string of the molecule is C[C@@H](NC(=O)c1ccc(=O)n(-c2ccc3c(c2)COC3)n1)c1cc(N)cc(C(F)(F)F)c1. The largest absolute Gasteiger partial charge is 0.416 e. The fourth-order valence-corrected chi connectivity index (χ4v) is 3.45. The molecular formula is C22H19F3N4O3. The highest BCUT2D eigenvalue weighted by Crippen LogP contribution is 2.32. The maximum Gasteiger partial charge on any atom is 0.416 e. The van der Waals surface area contributed by atoms with Crippen LogP contribution >= 0.6 is 0 Å². The molecule has 4 rings (SSSR count). The van der Waals surface area contributed by atoms with Crippen LogP contribution in [0.4, 0.5) is 18.9 Å². The smallest absolute Gasteiger partial charge is 0.399 e. The van der Waals surface area contributed by atoms with Gasteiger partial charge in [-0.05, 0) is 60.0 Å². The second-order valence-corrected chi connectivity index (χ2v) is 7.50. The van der Waals surface area contributed by atoms with E-state index in [0.29, 0.717) is 18.9 Å². The van der Waals surface area contributed by atoms with Crippen LogP contribution in [-0.4, -0.2) is 15.7 Å². The van der Waals surface area contributed by atoms with Crippen LogP contribution in [0.25, 0.3) is 5.69 Å². The minimum absolute atomic E-state index is 0.0619. The standard InChI is InChI=1S/C22H19F3N4O3/c1-12(14-6-16(22(23,24)25)9-17(26)7-14)27-21(31)19-4-5-20(30)29(28-19)18-3-2-13-10-32-11-15(13)8-18/h2-9,12H,10-11,26H2,1H3,(H,27,31)/t12-/m1/s1. The first kappa shape index (κ1) is 21.6. The average molecular weight is 444 g/mol. The fraction of sp³-hybridized carbons (Fsp3) is 0.227. The van der Waals surface area contributed by atoms with Crippen LogP contribution in [0.1, 0.15) is 45.7 Å². The van der Waals surface area contributed by atoms with Crippen molar-refractivity contribution in [3.63, 3.8) is 0 Å². The number of fused-ring (bicyclic) bond motifs is 1. The minimum atomic E-state index is -4.56. The number of benzene rings is 2. The van der Waals surface area contributed by atoms with Gasteiger partial charge in [0.2, 0.25) is 0 Å². The van der Waals surface area contributed by atoms with Crippen molar-refractivity contribution >= 4 is 11.6 Å². The average Bonchev–Trinajstić information content (AvgIpc) is 3.20. The van der Waals surface area contributed by atoms with Gasteiger partial charge in [-0.1, -0.05) is 6.07 Å². The number of nitrogens with one attached hydrogen (secondary N) is 1. The monoisotopic (exact) mass is 444 g/mol. The molecule has 3 N–H and O–H groups in total. The number of anilines is 1. The quantitative estimate of drug-likeness (QED) is 0.602. The van der Waals surface area contributed by atoms with Crippen molar-refractivity contribution in [1.29, 1.82) is 0 Å². The number of halogens is 3. The van der Waals surface area contributed by atoms with Crippen molar-refractivity contribution in [2.24, 2.45) is 0 Å². The lowest BCUT2D eigenvalue weighted by Crippen LogP contribution is -2.31. The van der Waals surface area contributed by atoms with Gasteiger partial charge >= 0.3 is 6.18 Å². The number of carbonyl (C=O) groups is 1. The summed E-state index contributed by atoms with van der Waals surface area (Å²) in [5.41, 5.74) is 6.76. The molecular weight excluding hydrogens is 425 g/mol. The number of nitrogens with zero attached hydrogens (tertiary/aromatic N) is 2. The topological polar surface area (TPSA) is 99.2 Å². The number of alkyl halides is 3. The van der Waals surface area contributed by atoms with Crippen LogP contribution in [0.2, 0.25) is 0 Å². The number of hydrogen-bond acceptors (Lipinski definition) is 5. The molecule has 0 radical (unpaired) electrons. The molecule has 32 heavy (non-hydrogen) atoms. The number of aromatic nitrogens is 2. The Kier molecular flexibility index (Phi) is 5.47. The second-order valence-electron chi connectivity index (χ2n) is 7.50. The molecule has 0 aliphatic carbocycles. The van der Waals surface area contributed by atoms with Gasteiger partial charge in [-0.15, -0.1) is 0 Å². The first-order valence-electron chi connectivity index (χ1n) is 9.70. The van der Waals surface area contributed by atoms with E-state index in [9.17, 15) is 22.8 Å². The summed E-state index contributed by atoms with van der Waals surface area (Å²) in [5, 5.41) is 6.73. The predicted molar refractivity (Wildman–Crippen MR) is 110 cm³/mol. The normalized spacial score (nSPS) is 14.1. The third kappa shape index (κ3) is 4.35. The van der Waals surface area contributed by atoms with Crippen LogP contribution in [0.5, 0.6) is 0 Å². The van der Waals surface area contributed by atoms with Crippen LogP contribution in [0.15, 0.2) is 53.3 Å². The maximum absolute atomic E-state index is 13.1. The van der Waals surface area contributed by atoms with E-state index >= 15 is 0 Å². The van der Waals surface area contributed by atoms with Crippen LogP contribution in [0, 0.1) is 0 Å². The molecule has 1 aromatic heterocycles. The molecule has 1 atom stereocenters. The van der Waals surface area contributed by atoms with E-state index in [1.807, 2.05) is 6.07 Å². The van der Waals surface area contributed by atoms with Crippen LogP contribution in [-0.2, 0) is 24.1 Å². The number of rotatable bonds is 4. The zero-order chi connectivity index (χ0) is 23.0. The molecule has 0 saturated heterocycles. The fourth-order valence-electron chi connectivity index (χ4n) is 3.45. The molecule has 3 aromatic rings. The van der Waals surface area contributed by atoms with Crippen molar-refractivity contribution in [2.75, 3.05) is 5.73 Å². The molecule has 0 unspecified atom stereocenters. The summed E-state index contributed by atoms with van der Waals surface area (Å²) in [5.74, 6) is -0.647. The molecule has 0 bridgehead atoms. The zero-order valence-corrected chi connectivity index (χ0v) is 16.9. The van der Waals surface area contributed by atoms with Gasteiger partial charge in [0.25, 0.3) is 11.5 Å². The molecule has 166 valence electrons. The van der Waals surface area contributed by atoms with E-state index in [-0.39, 0.29) is 16.9 Å². The summed E-state index contributed by atoms with van der Waals surface area (Å²) < 4.78 is 45.7. The van der Waals surface area contributed by atoms with Crippen molar-refractivity contribution < 1.29 is 22.7 Å². The molecule has 2 heterocycles. The Morgan fingerprint density at radius 3 is 2.62 bits per heavy atom. The van der Waals surface area contributed by atoms with E-state index in [0.717, 1.165) is 27.9 Å². The molecule has 0 spiro atoms. The number of amides is 1. The summed E-state index contributed by atoms with van der Waals surface area (Å²) in [6.45, 7) is 2.46. The van der Waals surface area contributed by atoms with E-state index < -0.39 is 29.2 Å². The van der Waals surface area contributed by atoms with Gasteiger partial charge in [0.1, 0.15) is 5.69 Å². The predicted octanol–water partition coefficient (Wildman–Crippen LogP) is 3.35. The van der Waals surface area contributed by atoms with Gasteiger partial charge in [0.05, 0.1) is 30.5 Å². The van der Waals surface area contributed by atoms with E-state index in [1.165, 1.54) is 25.1 Å². The van der Waals surface area contributed by atoms with Crippen molar-refractivity contribution in [3.05, 3.63) is 86.8 Å². The number of nitrogen functional groups attached to an aromatic ring is 1. The third-order valence-corrected chi connectivity index (χ3v) is 5.14. The van der Waals surface area contributed by atoms with E-state index in [1.54, 1.807) is 12.1 Å². The van der Waals surface area contributed by atoms with Gasteiger partial charge in [-0.25, -0.2) is 0 Å². The van der Waals surface area contributed by atoms with Gasteiger partial charge in [0, 0.05) is 11.8 Å². The second kappa shape index (κ2) is 8.12. The highest BCUT2D eigenvalue weighted by atomic mass is 19.4. The van der Waals surface area contributed by atoms with Gasteiger partial charge in [-0.3, -0.25) is 9.59 Å². The number of carbonyl (C=O) groups excluding carboxylic acids is 1. The van der Waals surface area contributed by atoms with Crippen molar-refractivity contribution in [1.82, 2.24) is 15.1 Å². The summed E-state index contributed by atoms with van der Waals surface area (Å²) in [7, 11) is 0. The number of ether oxygens (including phenoxy) is 1. The van der Waals surface area contributed by atoms with Crippen molar-refractivity contribution in [2.45, 2.75) is 32.4 Å². The molecule has 1 aliphatic heterocycles. The summed E-state index contributed by atoms with van der Waals surface area (Å²) in [4.78, 5) is 25.0. The third-order valence-electron chi connectivity index (χ3n) is 5.14. The lowest BCUT2D eigenvalue weighted by molar-refractivity contribution is -0.137. The summed E-state index contributed by atoms with van der Waals surface area (Å²) in [6, 6.07) is 10.1. The Labute approximate surface area is 180 Å². The Hall–Kier alpha value is -3.66. The van der Waals surface area contributed by atoms with Crippen molar-refractivity contribution in [3.8, 4) is 5.69 Å². The lowest BCUT2D eigenvalue weighted by atomic mass is 10.0. The molecule has 0 saturated carbocycles. The molecule has 7 nitrogen and oxygen atoms in total. The summed E-state index contributed by atoms with van der Waals surface area (Å²) >= 11 is 0. The Bertz CT molecular complexity index is 1250. The number of hydrogen-bond donors (Lipinski definition) is 2. The van der Waals surface area contributed by atoms with Gasteiger partial charge in [-0.2, -0.15) is 23.0 Å². The maximum atomic E-state index is 13.1. The summed E-state index contributed by atoms with van der Waals surface area (Å²) in [6.07, 6.45) is -4.56. The molecule has 0 fully saturated rings. The first-order valence-corrected chi connectivity index (χ1v) is 9.70. The lowest BCUT2D eigenvalue weighted by Gasteiger charge is -2.17. The van der Waals surface area contributed by atoms with Gasteiger partial charge in [0.15, 0.2) is 0 Å². The molecule has 1 aliphatic rings. The van der Waals surface area contributed by atoms with Crippen LogP contribution < -0.4 is 16.6 Å². The Morgan fingerprint density at radius 1 is 1.12 bits per heavy atom. The Balaban J connectivity index is 1.59. The Morgan fingerprint density at radius 2 is 1.88 bits per heavy atom. The number of nitrogens with two attached hydrogens (primary N) is 1. The minimum Gasteiger partial charge on any atom is -0.399 e. The van der Waals surface area contributed by atoms with E-state index in [2.05, 4.69) is 10.4 Å². The van der Waals surface area contributed by atoms with Crippen LogP contribution in [0.3, 0.4) is 0 Å². The zero-order valence-electron chi connectivity index (χ0n) is 16.9. The van der Waals surface area contributed by atoms with Gasteiger partial charge < -0.3 is 15.8 Å². The van der Waals surface area contributed by atoms with E-state index in [4.69, 9.17) is 10.5 Å².